The van der Waals surface area contributed by atoms with Crippen LogP contribution < -0.4 is 0 Å². The molecule has 4 rings (SSSR count). The van der Waals surface area contributed by atoms with Crippen LogP contribution in [0.3, 0.4) is 0 Å². The van der Waals surface area contributed by atoms with Crippen molar-refractivity contribution in [1.82, 2.24) is 14.8 Å². The monoisotopic (exact) mass is 315 g/mol. The van der Waals surface area contributed by atoms with Gasteiger partial charge >= 0.3 is 0 Å². The van der Waals surface area contributed by atoms with E-state index in [0.717, 1.165) is 5.69 Å². The Hall–Kier alpha value is -3.47. The molecule has 4 aromatic rings. The lowest BCUT2D eigenvalue weighted by Crippen LogP contribution is -2.03. The van der Waals surface area contributed by atoms with E-state index in [1.165, 1.54) is 12.4 Å². The molecular formula is C19H13N3O2. The number of carbonyl (C=O) groups is 1. The molecule has 116 valence electrons. The second kappa shape index (κ2) is 5.62. The number of rotatable bonds is 3. The van der Waals surface area contributed by atoms with Crippen LogP contribution >= 0.6 is 0 Å². The zero-order valence-electron chi connectivity index (χ0n) is 12.6. The number of carbonyl (C=O) groups excluding carboxylic acids is 1. The highest BCUT2D eigenvalue weighted by atomic mass is 16.3. The summed E-state index contributed by atoms with van der Waals surface area (Å²) in [6, 6.07) is 18.3. The Morgan fingerprint density at radius 3 is 2.29 bits per heavy atom. The van der Waals surface area contributed by atoms with Gasteiger partial charge in [0.2, 0.25) is 0 Å². The molecule has 0 atom stereocenters. The predicted molar refractivity (Wildman–Crippen MR) is 90.4 cm³/mol. The highest BCUT2D eigenvalue weighted by Gasteiger charge is 2.19. The van der Waals surface area contributed by atoms with Gasteiger partial charge in [0.1, 0.15) is 5.75 Å². The summed E-state index contributed by atoms with van der Waals surface area (Å²) in [7, 11) is 0. The van der Waals surface area contributed by atoms with Gasteiger partial charge in [0.15, 0.2) is 11.4 Å². The number of hydrogen-bond donors (Lipinski definition) is 1. The number of aromatic nitrogens is 3. The lowest BCUT2D eigenvalue weighted by Gasteiger charge is -2.06. The Morgan fingerprint density at radius 2 is 1.58 bits per heavy atom. The SMILES string of the molecule is O=C(c1ccccc1)c1cnc2c(cnn2-c2ccccc2)c1O. The minimum absolute atomic E-state index is 0.101. The van der Waals surface area contributed by atoms with E-state index >= 15 is 0 Å². The Labute approximate surface area is 137 Å². The minimum atomic E-state index is -0.269. The number of aromatic hydroxyl groups is 1. The second-order valence-electron chi connectivity index (χ2n) is 5.34. The summed E-state index contributed by atoms with van der Waals surface area (Å²) in [5.41, 5.74) is 2.01. The molecule has 2 aromatic carbocycles. The summed E-state index contributed by atoms with van der Waals surface area (Å²) >= 11 is 0. The maximum absolute atomic E-state index is 12.6. The van der Waals surface area contributed by atoms with E-state index in [1.54, 1.807) is 28.9 Å². The second-order valence-corrected chi connectivity index (χ2v) is 5.34. The molecule has 5 nitrogen and oxygen atoms in total. The van der Waals surface area contributed by atoms with E-state index < -0.39 is 0 Å². The molecule has 0 unspecified atom stereocenters. The Morgan fingerprint density at radius 1 is 0.917 bits per heavy atom. The topological polar surface area (TPSA) is 68.0 Å². The number of benzene rings is 2. The van der Waals surface area contributed by atoms with Crippen molar-refractivity contribution in [2.24, 2.45) is 0 Å². The highest BCUT2D eigenvalue weighted by molar-refractivity contribution is 6.12. The van der Waals surface area contributed by atoms with Crippen molar-refractivity contribution >= 4 is 16.8 Å². The van der Waals surface area contributed by atoms with Crippen molar-refractivity contribution in [2.45, 2.75) is 0 Å². The summed E-state index contributed by atoms with van der Waals surface area (Å²) in [5.74, 6) is -0.369. The molecule has 0 aliphatic rings. The van der Waals surface area contributed by atoms with Crippen LogP contribution in [0.4, 0.5) is 0 Å². The van der Waals surface area contributed by atoms with Crippen LogP contribution in [0.25, 0.3) is 16.7 Å². The fourth-order valence-electron chi connectivity index (χ4n) is 2.63. The van der Waals surface area contributed by atoms with Crippen LogP contribution in [-0.4, -0.2) is 25.7 Å². The third-order valence-electron chi connectivity index (χ3n) is 3.85. The first-order chi connectivity index (χ1) is 11.8. The number of pyridine rings is 1. The van der Waals surface area contributed by atoms with E-state index in [0.29, 0.717) is 16.6 Å². The fourth-order valence-corrected chi connectivity index (χ4v) is 2.63. The molecule has 5 heteroatoms. The molecule has 0 spiro atoms. The molecule has 0 aliphatic carbocycles. The van der Waals surface area contributed by atoms with Gasteiger partial charge in [-0.3, -0.25) is 4.79 Å². The standard InChI is InChI=1S/C19H13N3O2/c23-17(13-7-3-1-4-8-13)15-11-20-19-16(18(15)24)12-21-22(19)14-9-5-2-6-10-14/h1-12H,(H,20,24). The van der Waals surface area contributed by atoms with E-state index in [2.05, 4.69) is 10.1 Å². The van der Waals surface area contributed by atoms with Crippen molar-refractivity contribution in [3.8, 4) is 11.4 Å². The van der Waals surface area contributed by atoms with Crippen LogP contribution in [0.5, 0.6) is 5.75 Å². The average molecular weight is 315 g/mol. The van der Waals surface area contributed by atoms with Crippen LogP contribution in [0.15, 0.2) is 73.1 Å². The lowest BCUT2D eigenvalue weighted by atomic mass is 10.0. The van der Waals surface area contributed by atoms with Gasteiger partial charge in [-0.25, -0.2) is 9.67 Å². The van der Waals surface area contributed by atoms with Gasteiger partial charge in [-0.1, -0.05) is 48.5 Å². The largest absolute Gasteiger partial charge is 0.506 e. The molecule has 0 aliphatic heterocycles. The number of nitrogens with zero attached hydrogens (tertiary/aromatic N) is 3. The molecule has 0 saturated heterocycles. The molecular weight excluding hydrogens is 302 g/mol. The number of hydrogen-bond acceptors (Lipinski definition) is 4. The first kappa shape index (κ1) is 14.1. The normalized spacial score (nSPS) is 10.8. The summed E-state index contributed by atoms with van der Waals surface area (Å²) in [5, 5.41) is 15.3. The van der Waals surface area contributed by atoms with Crippen molar-refractivity contribution in [3.63, 3.8) is 0 Å². The van der Waals surface area contributed by atoms with Gasteiger partial charge in [-0.05, 0) is 12.1 Å². The van der Waals surface area contributed by atoms with Gasteiger partial charge in [0.05, 0.1) is 22.8 Å². The number of para-hydroxylation sites is 1. The first-order valence-electron chi connectivity index (χ1n) is 7.46. The van der Waals surface area contributed by atoms with E-state index in [9.17, 15) is 9.90 Å². The summed E-state index contributed by atoms with van der Waals surface area (Å²) in [6.07, 6.45) is 2.92. The van der Waals surface area contributed by atoms with Crippen molar-refractivity contribution < 1.29 is 9.90 Å². The Bertz CT molecular complexity index is 1020. The minimum Gasteiger partial charge on any atom is -0.506 e. The zero-order chi connectivity index (χ0) is 16.5. The lowest BCUT2D eigenvalue weighted by molar-refractivity contribution is 0.103. The number of ketones is 1. The van der Waals surface area contributed by atoms with Crippen molar-refractivity contribution in [1.29, 1.82) is 0 Å². The maximum Gasteiger partial charge on any atom is 0.198 e. The van der Waals surface area contributed by atoms with Crippen LogP contribution in [0, 0.1) is 0 Å². The Balaban J connectivity index is 1.84. The van der Waals surface area contributed by atoms with E-state index in [4.69, 9.17) is 0 Å². The molecule has 1 N–H and O–H groups in total. The van der Waals surface area contributed by atoms with E-state index in [1.807, 2.05) is 36.4 Å². The summed E-state index contributed by atoms with van der Waals surface area (Å²) < 4.78 is 1.63. The average Bonchev–Trinajstić information content (AvgIpc) is 3.08. The van der Waals surface area contributed by atoms with Gasteiger partial charge in [-0.2, -0.15) is 5.10 Å². The predicted octanol–water partition coefficient (Wildman–Crippen LogP) is 3.36. The van der Waals surface area contributed by atoms with Crippen LogP contribution in [0.1, 0.15) is 15.9 Å². The molecule has 0 amide bonds. The Kier molecular flexibility index (Phi) is 3.31. The molecule has 2 aromatic heterocycles. The number of fused-ring (bicyclic) bond motifs is 1. The molecule has 0 radical (unpaired) electrons. The van der Waals surface area contributed by atoms with Crippen LogP contribution in [0.2, 0.25) is 0 Å². The highest BCUT2D eigenvalue weighted by Crippen LogP contribution is 2.29. The third-order valence-corrected chi connectivity index (χ3v) is 3.85. The van der Waals surface area contributed by atoms with Gasteiger partial charge in [0, 0.05) is 11.8 Å². The smallest absolute Gasteiger partial charge is 0.198 e. The quantitative estimate of drug-likeness (QED) is 0.589. The molecule has 0 saturated carbocycles. The van der Waals surface area contributed by atoms with Crippen LogP contribution in [-0.2, 0) is 0 Å². The van der Waals surface area contributed by atoms with Gasteiger partial charge < -0.3 is 5.11 Å². The molecule has 0 bridgehead atoms. The first-order valence-corrected chi connectivity index (χ1v) is 7.46. The van der Waals surface area contributed by atoms with E-state index in [-0.39, 0.29) is 17.1 Å². The van der Waals surface area contributed by atoms with Gasteiger partial charge in [0.25, 0.3) is 0 Å². The fraction of sp³-hybridized carbons (Fsp3) is 0. The third kappa shape index (κ3) is 2.23. The van der Waals surface area contributed by atoms with Crippen molar-refractivity contribution in [2.75, 3.05) is 0 Å². The molecule has 0 fully saturated rings. The van der Waals surface area contributed by atoms with Crippen molar-refractivity contribution in [3.05, 3.63) is 84.2 Å². The summed E-state index contributed by atoms with van der Waals surface area (Å²) in [6.45, 7) is 0. The van der Waals surface area contributed by atoms with Gasteiger partial charge in [-0.15, -0.1) is 0 Å². The summed E-state index contributed by atoms with van der Waals surface area (Å²) in [4.78, 5) is 16.9. The zero-order valence-corrected chi connectivity index (χ0v) is 12.6. The maximum atomic E-state index is 12.6. The molecule has 2 heterocycles. The molecule has 24 heavy (non-hydrogen) atoms.